The molecule has 0 radical (unpaired) electrons. The van der Waals surface area contributed by atoms with Gasteiger partial charge in [-0.2, -0.15) is 0 Å². The average Bonchev–Trinajstić information content (AvgIpc) is 2.57. The highest BCUT2D eigenvalue weighted by atomic mass is 127. The number of nitrogens with zero attached hydrogens (tertiary/aromatic N) is 1. The maximum absolute atomic E-state index is 11.8. The maximum atomic E-state index is 11.8. The molecule has 1 aromatic carbocycles. The Labute approximate surface area is 168 Å². The third-order valence-electron chi connectivity index (χ3n) is 3.50. The van der Waals surface area contributed by atoms with Crippen LogP contribution in [0.1, 0.15) is 26.3 Å². The third kappa shape index (κ3) is 8.94. The summed E-state index contributed by atoms with van der Waals surface area (Å²) >= 11 is 0. The van der Waals surface area contributed by atoms with E-state index in [9.17, 15) is 4.79 Å². The number of nitrogens with one attached hydrogen (secondary N) is 3. The van der Waals surface area contributed by atoms with Gasteiger partial charge in [0, 0.05) is 13.6 Å². The second-order valence-electron chi connectivity index (χ2n) is 6.25. The van der Waals surface area contributed by atoms with Crippen molar-refractivity contribution in [1.29, 1.82) is 0 Å². The summed E-state index contributed by atoms with van der Waals surface area (Å²) in [5.41, 5.74) is 0.663. The first-order chi connectivity index (χ1) is 11.4. The van der Waals surface area contributed by atoms with E-state index in [0.717, 1.165) is 12.3 Å². The molecule has 0 fully saturated rings. The van der Waals surface area contributed by atoms with Crippen molar-refractivity contribution in [1.82, 2.24) is 16.0 Å². The summed E-state index contributed by atoms with van der Waals surface area (Å²) in [6.45, 7) is 10.1. The first-order valence-corrected chi connectivity index (χ1v) is 8.33. The Hall–Kier alpha value is -1.51. The molecule has 0 saturated heterocycles. The van der Waals surface area contributed by atoms with Gasteiger partial charge in [-0.15, -0.1) is 24.0 Å². The van der Waals surface area contributed by atoms with Crippen molar-refractivity contribution in [2.75, 3.05) is 33.3 Å². The fourth-order valence-electron chi connectivity index (χ4n) is 2.00. The predicted molar refractivity (Wildman–Crippen MR) is 114 cm³/mol. The van der Waals surface area contributed by atoms with E-state index >= 15 is 0 Å². The zero-order valence-electron chi connectivity index (χ0n) is 15.8. The number of benzene rings is 1. The lowest BCUT2D eigenvalue weighted by Crippen LogP contribution is -2.42. The van der Waals surface area contributed by atoms with Gasteiger partial charge in [-0.05, 0) is 39.8 Å². The van der Waals surface area contributed by atoms with Crippen LogP contribution in [0.4, 0.5) is 0 Å². The van der Waals surface area contributed by atoms with Gasteiger partial charge in [0.15, 0.2) is 5.96 Å². The van der Waals surface area contributed by atoms with Crippen molar-refractivity contribution in [2.24, 2.45) is 10.4 Å². The molecule has 3 N–H and O–H groups in total. The molecule has 0 aromatic heterocycles. The number of aryl methyl sites for hydroxylation is 1. The van der Waals surface area contributed by atoms with Crippen molar-refractivity contribution in [3.63, 3.8) is 0 Å². The lowest BCUT2D eigenvalue weighted by molar-refractivity contribution is -0.128. The van der Waals surface area contributed by atoms with E-state index in [1.54, 1.807) is 7.05 Å². The van der Waals surface area contributed by atoms with Crippen LogP contribution in [0.5, 0.6) is 5.75 Å². The number of ether oxygens (including phenoxy) is 1. The van der Waals surface area contributed by atoms with E-state index in [4.69, 9.17) is 4.74 Å². The van der Waals surface area contributed by atoms with Crippen LogP contribution in [-0.4, -0.2) is 45.2 Å². The number of hydrogen-bond acceptors (Lipinski definition) is 3. The quantitative estimate of drug-likeness (QED) is 0.240. The SMILES string of the molecule is CCNC(=NCC(C)(C)C(=O)NC)NCCOc1ccc(C)cc1.I. The fraction of sp³-hybridized carbons (Fsp3) is 0.556. The molecule has 25 heavy (non-hydrogen) atoms. The Balaban J connectivity index is 0.00000576. The summed E-state index contributed by atoms with van der Waals surface area (Å²) < 4.78 is 5.68. The van der Waals surface area contributed by atoms with E-state index < -0.39 is 5.41 Å². The molecule has 0 atom stereocenters. The zero-order chi connectivity index (χ0) is 18.0. The number of carbonyl (C=O) groups is 1. The third-order valence-corrected chi connectivity index (χ3v) is 3.50. The van der Waals surface area contributed by atoms with E-state index in [0.29, 0.717) is 25.7 Å². The van der Waals surface area contributed by atoms with E-state index in [1.165, 1.54) is 5.56 Å². The highest BCUT2D eigenvalue weighted by molar-refractivity contribution is 14.0. The Morgan fingerprint density at radius 3 is 2.40 bits per heavy atom. The molecule has 1 aromatic rings. The van der Waals surface area contributed by atoms with Gasteiger partial charge in [0.05, 0.1) is 18.5 Å². The first-order valence-electron chi connectivity index (χ1n) is 8.33. The van der Waals surface area contributed by atoms with E-state index in [2.05, 4.69) is 20.9 Å². The molecule has 1 rings (SSSR count). The van der Waals surface area contributed by atoms with Gasteiger partial charge in [-0.25, -0.2) is 0 Å². The molecule has 0 aliphatic rings. The van der Waals surface area contributed by atoms with Crippen LogP contribution < -0.4 is 20.7 Å². The molecule has 1 amide bonds. The van der Waals surface area contributed by atoms with Gasteiger partial charge in [-0.1, -0.05) is 17.7 Å². The second kappa shape index (κ2) is 11.9. The van der Waals surface area contributed by atoms with E-state index in [1.807, 2.05) is 52.0 Å². The van der Waals surface area contributed by atoms with Gasteiger partial charge in [0.2, 0.25) is 5.91 Å². The number of carbonyl (C=O) groups excluding carboxylic acids is 1. The fourth-order valence-corrected chi connectivity index (χ4v) is 2.00. The molecular formula is C18H31IN4O2. The van der Waals surface area contributed by atoms with Crippen molar-refractivity contribution in [2.45, 2.75) is 27.7 Å². The molecular weight excluding hydrogens is 431 g/mol. The van der Waals surface area contributed by atoms with Crippen LogP contribution in [-0.2, 0) is 4.79 Å². The van der Waals surface area contributed by atoms with Gasteiger partial charge in [0.25, 0.3) is 0 Å². The van der Waals surface area contributed by atoms with E-state index in [-0.39, 0.29) is 29.9 Å². The summed E-state index contributed by atoms with van der Waals surface area (Å²) in [6.07, 6.45) is 0. The smallest absolute Gasteiger partial charge is 0.227 e. The standard InChI is InChI=1S/C18H30N4O2.HI/c1-6-20-17(22-13-18(3,4)16(23)19-5)21-11-12-24-15-9-7-14(2)8-10-15;/h7-10H,6,11-13H2,1-5H3,(H,19,23)(H2,20,21,22);1H. The molecule has 0 bridgehead atoms. The molecule has 0 aliphatic carbocycles. The Bertz CT molecular complexity index is 545. The van der Waals surface area contributed by atoms with Crippen molar-refractivity contribution < 1.29 is 9.53 Å². The summed E-state index contributed by atoms with van der Waals surface area (Å²) in [7, 11) is 1.64. The summed E-state index contributed by atoms with van der Waals surface area (Å²) in [5, 5.41) is 9.05. The van der Waals surface area contributed by atoms with Crippen LogP contribution in [0.25, 0.3) is 0 Å². The number of hydrogen-bond donors (Lipinski definition) is 3. The minimum absolute atomic E-state index is 0. The number of guanidine groups is 1. The number of rotatable bonds is 8. The van der Waals surface area contributed by atoms with Gasteiger partial charge in [0.1, 0.15) is 12.4 Å². The zero-order valence-corrected chi connectivity index (χ0v) is 18.1. The molecule has 6 nitrogen and oxygen atoms in total. The van der Waals surface area contributed by atoms with Crippen molar-refractivity contribution in [3.8, 4) is 5.75 Å². The van der Waals surface area contributed by atoms with Crippen LogP contribution in [0.3, 0.4) is 0 Å². The number of aliphatic imine (C=N–C) groups is 1. The minimum Gasteiger partial charge on any atom is -0.492 e. The highest BCUT2D eigenvalue weighted by Gasteiger charge is 2.26. The molecule has 7 heteroatoms. The summed E-state index contributed by atoms with van der Waals surface area (Å²) in [4.78, 5) is 16.3. The predicted octanol–water partition coefficient (Wildman–Crippen LogP) is 2.32. The van der Waals surface area contributed by atoms with Gasteiger partial charge >= 0.3 is 0 Å². The van der Waals surface area contributed by atoms with Gasteiger partial charge in [-0.3, -0.25) is 9.79 Å². The topological polar surface area (TPSA) is 74.8 Å². The van der Waals surface area contributed by atoms with Gasteiger partial charge < -0.3 is 20.7 Å². The summed E-state index contributed by atoms with van der Waals surface area (Å²) in [5.74, 6) is 1.51. The monoisotopic (exact) mass is 462 g/mol. The normalized spacial score (nSPS) is 11.3. The largest absolute Gasteiger partial charge is 0.492 e. The lowest BCUT2D eigenvalue weighted by Gasteiger charge is -2.21. The number of halogens is 1. The molecule has 0 saturated carbocycles. The molecule has 0 heterocycles. The molecule has 142 valence electrons. The molecule has 0 aliphatic heterocycles. The Morgan fingerprint density at radius 2 is 1.84 bits per heavy atom. The maximum Gasteiger partial charge on any atom is 0.227 e. The second-order valence-corrected chi connectivity index (χ2v) is 6.25. The molecule has 0 unspecified atom stereocenters. The first kappa shape index (κ1) is 23.5. The van der Waals surface area contributed by atoms with Crippen molar-refractivity contribution in [3.05, 3.63) is 29.8 Å². The number of amides is 1. The summed E-state index contributed by atoms with van der Waals surface area (Å²) in [6, 6.07) is 7.96. The van der Waals surface area contributed by atoms with Crippen LogP contribution in [0.15, 0.2) is 29.3 Å². The van der Waals surface area contributed by atoms with Crippen LogP contribution in [0, 0.1) is 12.3 Å². The minimum atomic E-state index is -0.546. The Kier molecular flexibility index (Phi) is 11.2. The highest BCUT2D eigenvalue weighted by Crippen LogP contribution is 2.15. The Morgan fingerprint density at radius 1 is 1.20 bits per heavy atom. The average molecular weight is 462 g/mol. The van der Waals surface area contributed by atoms with Crippen LogP contribution >= 0.6 is 24.0 Å². The molecule has 0 spiro atoms. The van der Waals surface area contributed by atoms with Crippen molar-refractivity contribution >= 4 is 35.8 Å². The lowest BCUT2D eigenvalue weighted by atomic mass is 9.93. The van der Waals surface area contributed by atoms with Crippen LogP contribution in [0.2, 0.25) is 0 Å².